The molecule has 3 heteroatoms. The van der Waals surface area contributed by atoms with Crippen molar-refractivity contribution in [1.29, 1.82) is 0 Å². The summed E-state index contributed by atoms with van der Waals surface area (Å²) in [6, 6.07) is 4.81. The Morgan fingerprint density at radius 3 is 2.77 bits per heavy atom. The van der Waals surface area contributed by atoms with Gasteiger partial charge in [0.05, 0.1) is 6.04 Å². The van der Waals surface area contributed by atoms with Crippen LogP contribution in [0.15, 0.2) is 30.9 Å². The van der Waals surface area contributed by atoms with Gasteiger partial charge in [0.2, 0.25) is 0 Å². The van der Waals surface area contributed by atoms with Crippen LogP contribution < -0.4 is 11.3 Å². The highest BCUT2D eigenvalue weighted by Crippen LogP contribution is 2.16. The summed E-state index contributed by atoms with van der Waals surface area (Å²) in [6.45, 7) is 5.32. The molecule has 0 aromatic heterocycles. The largest absolute Gasteiger partial charge is 0.271 e. The van der Waals surface area contributed by atoms with E-state index in [2.05, 4.69) is 12.0 Å². The normalized spacial score (nSPS) is 12.5. The molecule has 0 radical (unpaired) electrons. The Labute approximate surface area is 77.2 Å². The molecule has 70 valence electrons. The molecule has 0 heterocycles. The van der Waals surface area contributed by atoms with Crippen LogP contribution >= 0.6 is 0 Å². The summed E-state index contributed by atoms with van der Waals surface area (Å²) >= 11 is 0. The van der Waals surface area contributed by atoms with Gasteiger partial charge >= 0.3 is 0 Å². The maximum Gasteiger partial charge on any atom is 0.126 e. The molecule has 0 saturated heterocycles. The molecule has 1 aromatic carbocycles. The highest BCUT2D eigenvalue weighted by atomic mass is 19.1. The van der Waals surface area contributed by atoms with Gasteiger partial charge in [-0.05, 0) is 24.1 Å². The first kappa shape index (κ1) is 9.89. The lowest BCUT2D eigenvalue weighted by atomic mass is 10.1. The van der Waals surface area contributed by atoms with Crippen LogP contribution in [-0.4, -0.2) is 0 Å². The second kappa shape index (κ2) is 4.16. The van der Waals surface area contributed by atoms with Crippen molar-refractivity contribution in [2.75, 3.05) is 0 Å². The van der Waals surface area contributed by atoms with Gasteiger partial charge in [-0.15, -0.1) is 6.58 Å². The Balaban J connectivity index is 3.01. The average Bonchev–Trinajstić information content (AvgIpc) is 2.13. The summed E-state index contributed by atoms with van der Waals surface area (Å²) in [4.78, 5) is 0. The van der Waals surface area contributed by atoms with E-state index in [1.807, 2.05) is 6.07 Å². The maximum atomic E-state index is 13.1. The molecular weight excluding hydrogens is 167 g/mol. The molecule has 0 amide bonds. The van der Waals surface area contributed by atoms with E-state index in [0.29, 0.717) is 5.56 Å². The highest BCUT2D eigenvalue weighted by molar-refractivity contribution is 5.27. The SMILES string of the molecule is C=CC(NN)c1ccc(C)c(F)c1. The highest BCUT2D eigenvalue weighted by Gasteiger charge is 2.06. The molecule has 2 nitrogen and oxygen atoms in total. The maximum absolute atomic E-state index is 13.1. The second-order valence-electron chi connectivity index (χ2n) is 2.89. The third-order valence-electron chi connectivity index (χ3n) is 1.97. The smallest absolute Gasteiger partial charge is 0.126 e. The third-order valence-corrected chi connectivity index (χ3v) is 1.97. The van der Waals surface area contributed by atoms with Crippen molar-refractivity contribution < 1.29 is 4.39 Å². The van der Waals surface area contributed by atoms with Gasteiger partial charge in [0.15, 0.2) is 0 Å². The first-order valence-corrected chi connectivity index (χ1v) is 4.03. The van der Waals surface area contributed by atoms with E-state index in [1.54, 1.807) is 19.1 Å². The molecule has 13 heavy (non-hydrogen) atoms. The summed E-state index contributed by atoms with van der Waals surface area (Å²) < 4.78 is 13.1. The Morgan fingerprint density at radius 1 is 1.62 bits per heavy atom. The minimum atomic E-state index is -0.223. The fourth-order valence-corrected chi connectivity index (χ4v) is 1.10. The van der Waals surface area contributed by atoms with Gasteiger partial charge in [-0.25, -0.2) is 9.82 Å². The minimum absolute atomic E-state index is 0.199. The number of benzene rings is 1. The quantitative estimate of drug-likeness (QED) is 0.423. The topological polar surface area (TPSA) is 38.0 Å². The van der Waals surface area contributed by atoms with E-state index in [4.69, 9.17) is 5.84 Å². The molecule has 1 aromatic rings. The number of hydrogen-bond donors (Lipinski definition) is 2. The molecule has 1 rings (SSSR count). The fraction of sp³-hybridized carbons (Fsp3) is 0.200. The van der Waals surface area contributed by atoms with Gasteiger partial charge in [0, 0.05) is 0 Å². The van der Waals surface area contributed by atoms with Gasteiger partial charge in [0.25, 0.3) is 0 Å². The fourth-order valence-electron chi connectivity index (χ4n) is 1.10. The standard InChI is InChI=1S/C10H13FN2/c1-3-10(13-12)8-5-4-7(2)9(11)6-8/h3-6,10,13H,1,12H2,2H3. The lowest BCUT2D eigenvalue weighted by Gasteiger charge is -2.11. The zero-order valence-corrected chi connectivity index (χ0v) is 7.55. The predicted molar refractivity (Wildman–Crippen MR) is 51.4 cm³/mol. The van der Waals surface area contributed by atoms with Gasteiger partial charge in [-0.2, -0.15) is 0 Å². The van der Waals surface area contributed by atoms with E-state index < -0.39 is 0 Å². The monoisotopic (exact) mass is 180 g/mol. The number of aryl methyl sites for hydroxylation is 1. The van der Waals surface area contributed by atoms with E-state index in [1.165, 1.54) is 6.07 Å². The van der Waals surface area contributed by atoms with Crippen molar-refractivity contribution in [1.82, 2.24) is 5.43 Å². The van der Waals surface area contributed by atoms with Crippen LogP contribution in [0.4, 0.5) is 4.39 Å². The number of rotatable bonds is 3. The Morgan fingerprint density at radius 2 is 2.31 bits per heavy atom. The van der Waals surface area contributed by atoms with Gasteiger partial charge < -0.3 is 0 Å². The summed E-state index contributed by atoms with van der Waals surface area (Å²) in [6.07, 6.45) is 1.63. The summed E-state index contributed by atoms with van der Waals surface area (Å²) in [5, 5.41) is 0. The Bertz CT molecular complexity index is 310. The molecular formula is C10H13FN2. The van der Waals surface area contributed by atoms with E-state index in [0.717, 1.165) is 5.56 Å². The van der Waals surface area contributed by atoms with E-state index in [-0.39, 0.29) is 11.9 Å². The van der Waals surface area contributed by atoms with Crippen molar-refractivity contribution in [2.24, 2.45) is 5.84 Å². The number of nitrogens with two attached hydrogens (primary N) is 1. The number of nitrogens with one attached hydrogen (secondary N) is 1. The van der Waals surface area contributed by atoms with E-state index in [9.17, 15) is 4.39 Å². The van der Waals surface area contributed by atoms with Crippen LogP contribution in [0.3, 0.4) is 0 Å². The first-order valence-electron chi connectivity index (χ1n) is 4.03. The van der Waals surface area contributed by atoms with Gasteiger partial charge in [0.1, 0.15) is 5.82 Å². The first-order chi connectivity index (χ1) is 6.19. The molecule has 0 bridgehead atoms. The molecule has 0 aliphatic carbocycles. The second-order valence-corrected chi connectivity index (χ2v) is 2.89. The lowest BCUT2D eigenvalue weighted by Crippen LogP contribution is -2.26. The van der Waals surface area contributed by atoms with Crippen LogP contribution in [0, 0.1) is 12.7 Å². The summed E-state index contributed by atoms with van der Waals surface area (Å²) in [5.74, 6) is 5.04. The van der Waals surface area contributed by atoms with Crippen LogP contribution in [-0.2, 0) is 0 Å². The van der Waals surface area contributed by atoms with Crippen molar-refractivity contribution in [2.45, 2.75) is 13.0 Å². The van der Waals surface area contributed by atoms with Gasteiger partial charge in [-0.1, -0.05) is 18.2 Å². The van der Waals surface area contributed by atoms with Crippen LogP contribution in [0.1, 0.15) is 17.2 Å². The molecule has 0 spiro atoms. The van der Waals surface area contributed by atoms with Crippen molar-refractivity contribution in [3.63, 3.8) is 0 Å². The minimum Gasteiger partial charge on any atom is -0.271 e. The Hall–Kier alpha value is -1.19. The van der Waals surface area contributed by atoms with Crippen molar-refractivity contribution in [3.8, 4) is 0 Å². The van der Waals surface area contributed by atoms with Crippen molar-refractivity contribution >= 4 is 0 Å². The molecule has 0 fully saturated rings. The third kappa shape index (κ3) is 2.14. The van der Waals surface area contributed by atoms with Gasteiger partial charge in [-0.3, -0.25) is 5.84 Å². The van der Waals surface area contributed by atoms with Crippen LogP contribution in [0.2, 0.25) is 0 Å². The Kier molecular flexibility index (Phi) is 3.17. The van der Waals surface area contributed by atoms with E-state index >= 15 is 0 Å². The number of halogens is 1. The molecule has 1 unspecified atom stereocenters. The molecule has 0 saturated carbocycles. The molecule has 1 atom stereocenters. The lowest BCUT2D eigenvalue weighted by molar-refractivity contribution is 0.604. The number of hydrogen-bond acceptors (Lipinski definition) is 2. The summed E-state index contributed by atoms with van der Waals surface area (Å²) in [5.41, 5.74) is 3.94. The summed E-state index contributed by atoms with van der Waals surface area (Å²) in [7, 11) is 0. The van der Waals surface area contributed by atoms with Crippen LogP contribution in [0.5, 0.6) is 0 Å². The zero-order chi connectivity index (χ0) is 9.84. The molecule has 0 aliphatic heterocycles. The average molecular weight is 180 g/mol. The molecule has 3 N–H and O–H groups in total. The number of hydrazine groups is 1. The van der Waals surface area contributed by atoms with Crippen LogP contribution in [0.25, 0.3) is 0 Å². The molecule has 0 aliphatic rings. The van der Waals surface area contributed by atoms with Crippen molar-refractivity contribution in [3.05, 3.63) is 47.8 Å². The zero-order valence-electron chi connectivity index (χ0n) is 7.55. The predicted octanol–water partition coefficient (Wildman–Crippen LogP) is 1.82.